The molecule has 0 saturated carbocycles. The fourth-order valence-corrected chi connectivity index (χ4v) is 4.70. The number of thiophene rings is 1. The second-order valence-electron chi connectivity index (χ2n) is 5.77. The van der Waals surface area contributed by atoms with Gasteiger partial charge in [0.1, 0.15) is 9.96 Å². The number of hydrogen-bond donors (Lipinski definition) is 1. The maximum absolute atomic E-state index is 12.5. The van der Waals surface area contributed by atoms with E-state index in [-0.39, 0.29) is 18.6 Å². The minimum absolute atomic E-state index is 0.0703. The first-order chi connectivity index (χ1) is 12.4. The molecular formula is C18H24N2O4S2. The fourth-order valence-electron chi connectivity index (χ4n) is 2.35. The summed E-state index contributed by atoms with van der Waals surface area (Å²) in [5.41, 5.74) is 0.521. The molecule has 2 aromatic rings. The molecule has 0 saturated heterocycles. The highest BCUT2D eigenvalue weighted by Gasteiger charge is 2.22. The number of carbonyl (C=O) groups excluding carboxylic acids is 1. The number of ether oxygens (including phenoxy) is 1. The Morgan fingerprint density at radius 2 is 1.85 bits per heavy atom. The van der Waals surface area contributed by atoms with E-state index in [2.05, 4.69) is 5.32 Å². The molecule has 0 aliphatic rings. The molecule has 1 heterocycles. The zero-order valence-electron chi connectivity index (χ0n) is 15.1. The lowest BCUT2D eigenvalue weighted by Crippen LogP contribution is -2.37. The maximum atomic E-state index is 12.5. The number of sulfonamides is 1. The Hall–Kier alpha value is -2.06. The highest BCUT2D eigenvalue weighted by molar-refractivity contribution is 7.94. The van der Waals surface area contributed by atoms with Crippen LogP contribution >= 0.6 is 11.3 Å². The number of carbonyl (C=O) groups is 1. The number of anilines is 1. The Morgan fingerprint density at radius 3 is 2.38 bits per heavy atom. The van der Waals surface area contributed by atoms with Gasteiger partial charge < -0.3 is 10.1 Å². The van der Waals surface area contributed by atoms with Crippen LogP contribution in [0.5, 0.6) is 5.75 Å². The molecule has 0 bridgehead atoms. The maximum Gasteiger partial charge on any atom is 0.273 e. The van der Waals surface area contributed by atoms with E-state index in [1.54, 1.807) is 41.8 Å². The van der Waals surface area contributed by atoms with Crippen LogP contribution in [-0.4, -0.2) is 34.0 Å². The molecule has 0 spiro atoms. The highest BCUT2D eigenvalue weighted by Crippen LogP contribution is 2.26. The largest absolute Gasteiger partial charge is 0.484 e. The van der Waals surface area contributed by atoms with Crippen LogP contribution in [0.15, 0.2) is 46.0 Å². The molecule has 0 radical (unpaired) electrons. The van der Waals surface area contributed by atoms with Crippen LogP contribution in [0.1, 0.15) is 26.7 Å². The van der Waals surface area contributed by atoms with Crippen molar-refractivity contribution in [3.8, 4) is 5.75 Å². The smallest absolute Gasteiger partial charge is 0.273 e. The van der Waals surface area contributed by atoms with Gasteiger partial charge in [-0.25, -0.2) is 8.42 Å². The SMILES string of the molecule is CCC(CC)NC(=O)COc1ccc(N(C)S(=O)(=O)c2cccs2)cc1. The molecule has 0 fully saturated rings. The van der Waals surface area contributed by atoms with Gasteiger partial charge >= 0.3 is 0 Å². The van der Waals surface area contributed by atoms with E-state index < -0.39 is 10.0 Å². The average molecular weight is 397 g/mol. The summed E-state index contributed by atoms with van der Waals surface area (Å²) in [6.45, 7) is 3.97. The summed E-state index contributed by atoms with van der Waals surface area (Å²) in [6, 6.07) is 10.0. The standard InChI is InChI=1S/C18H24N2O4S2/c1-4-14(5-2)19-17(21)13-24-16-10-8-15(9-11-16)20(3)26(22,23)18-7-6-12-25-18/h6-12,14H,4-5,13H2,1-3H3,(H,19,21). The Bertz CT molecular complexity index is 798. The van der Waals surface area contributed by atoms with Crippen molar-refractivity contribution in [2.45, 2.75) is 36.9 Å². The lowest BCUT2D eigenvalue weighted by Gasteiger charge is -2.19. The van der Waals surface area contributed by atoms with Gasteiger partial charge in [0.15, 0.2) is 6.61 Å². The third kappa shape index (κ3) is 4.98. The Balaban J connectivity index is 1.97. The molecule has 0 unspecified atom stereocenters. The summed E-state index contributed by atoms with van der Waals surface area (Å²) < 4.78 is 32.0. The van der Waals surface area contributed by atoms with Crippen molar-refractivity contribution < 1.29 is 17.9 Å². The number of benzene rings is 1. The van der Waals surface area contributed by atoms with Crippen LogP contribution in [0, 0.1) is 0 Å². The predicted octanol–water partition coefficient (Wildman–Crippen LogP) is 3.26. The summed E-state index contributed by atoms with van der Waals surface area (Å²) in [7, 11) is -2.05. The van der Waals surface area contributed by atoms with Crippen LogP contribution in [0.4, 0.5) is 5.69 Å². The highest BCUT2D eigenvalue weighted by atomic mass is 32.2. The molecule has 1 aromatic carbocycles. The van der Waals surface area contributed by atoms with Gasteiger partial charge in [0, 0.05) is 13.1 Å². The van der Waals surface area contributed by atoms with Crippen LogP contribution in [0.2, 0.25) is 0 Å². The normalized spacial score (nSPS) is 11.4. The van der Waals surface area contributed by atoms with Gasteiger partial charge in [-0.2, -0.15) is 0 Å². The van der Waals surface area contributed by atoms with E-state index >= 15 is 0 Å². The second kappa shape index (κ2) is 9.05. The Labute approximate surface area is 158 Å². The monoisotopic (exact) mass is 396 g/mol. The van der Waals surface area contributed by atoms with Crippen LogP contribution < -0.4 is 14.4 Å². The van der Waals surface area contributed by atoms with Crippen molar-refractivity contribution >= 4 is 33.0 Å². The Kier molecular flexibility index (Phi) is 7.05. The topological polar surface area (TPSA) is 75.7 Å². The molecular weight excluding hydrogens is 372 g/mol. The minimum Gasteiger partial charge on any atom is -0.484 e. The predicted molar refractivity (Wildman–Crippen MR) is 104 cm³/mol. The van der Waals surface area contributed by atoms with Crippen molar-refractivity contribution in [3.63, 3.8) is 0 Å². The number of rotatable bonds is 9. The molecule has 26 heavy (non-hydrogen) atoms. The van der Waals surface area contributed by atoms with Crippen molar-refractivity contribution in [3.05, 3.63) is 41.8 Å². The minimum atomic E-state index is -3.56. The fraction of sp³-hybridized carbons (Fsp3) is 0.389. The lowest BCUT2D eigenvalue weighted by atomic mass is 10.2. The molecule has 2 rings (SSSR count). The van der Waals surface area contributed by atoms with E-state index in [0.29, 0.717) is 15.6 Å². The first-order valence-electron chi connectivity index (χ1n) is 8.43. The molecule has 8 heteroatoms. The van der Waals surface area contributed by atoms with Gasteiger partial charge in [0.25, 0.3) is 15.9 Å². The molecule has 0 atom stereocenters. The second-order valence-corrected chi connectivity index (χ2v) is 8.91. The molecule has 6 nitrogen and oxygen atoms in total. The molecule has 1 amide bonds. The lowest BCUT2D eigenvalue weighted by molar-refractivity contribution is -0.123. The van der Waals surface area contributed by atoms with E-state index in [9.17, 15) is 13.2 Å². The van der Waals surface area contributed by atoms with Gasteiger partial charge in [-0.1, -0.05) is 19.9 Å². The van der Waals surface area contributed by atoms with Crippen molar-refractivity contribution in [1.29, 1.82) is 0 Å². The zero-order chi connectivity index (χ0) is 19.2. The number of nitrogens with zero attached hydrogens (tertiary/aromatic N) is 1. The first-order valence-corrected chi connectivity index (χ1v) is 10.7. The van der Waals surface area contributed by atoms with E-state index in [1.165, 1.54) is 22.7 Å². The third-order valence-corrected chi connectivity index (χ3v) is 7.19. The van der Waals surface area contributed by atoms with Gasteiger partial charge in [0.2, 0.25) is 0 Å². The summed E-state index contributed by atoms with van der Waals surface area (Å²) in [5, 5.41) is 4.63. The summed E-state index contributed by atoms with van der Waals surface area (Å²) in [4.78, 5) is 11.9. The molecule has 1 aromatic heterocycles. The van der Waals surface area contributed by atoms with Crippen molar-refractivity contribution in [2.75, 3.05) is 18.0 Å². The van der Waals surface area contributed by atoms with E-state index in [0.717, 1.165) is 12.8 Å². The van der Waals surface area contributed by atoms with Gasteiger partial charge in [-0.3, -0.25) is 9.10 Å². The summed E-state index contributed by atoms with van der Waals surface area (Å²) >= 11 is 1.18. The number of amides is 1. The van der Waals surface area contributed by atoms with Crippen molar-refractivity contribution in [2.24, 2.45) is 0 Å². The Morgan fingerprint density at radius 1 is 1.19 bits per heavy atom. The van der Waals surface area contributed by atoms with Gasteiger partial charge in [0.05, 0.1) is 5.69 Å². The third-order valence-electron chi connectivity index (χ3n) is 4.03. The summed E-state index contributed by atoms with van der Waals surface area (Å²) in [5.74, 6) is 0.343. The van der Waals surface area contributed by atoms with E-state index in [1.807, 2.05) is 13.8 Å². The van der Waals surface area contributed by atoms with Crippen LogP contribution in [-0.2, 0) is 14.8 Å². The van der Waals surface area contributed by atoms with Crippen molar-refractivity contribution in [1.82, 2.24) is 5.32 Å². The first kappa shape index (κ1) is 20.3. The molecule has 0 aliphatic carbocycles. The molecule has 0 aliphatic heterocycles. The average Bonchev–Trinajstić information content (AvgIpc) is 3.20. The van der Waals surface area contributed by atoms with Gasteiger partial charge in [-0.15, -0.1) is 11.3 Å². The number of hydrogen-bond acceptors (Lipinski definition) is 5. The quantitative estimate of drug-likeness (QED) is 0.706. The van der Waals surface area contributed by atoms with Gasteiger partial charge in [-0.05, 0) is 48.6 Å². The zero-order valence-corrected chi connectivity index (χ0v) is 16.8. The molecule has 1 N–H and O–H groups in total. The van der Waals surface area contributed by atoms with Crippen LogP contribution in [0.25, 0.3) is 0 Å². The van der Waals surface area contributed by atoms with Crippen LogP contribution in [0.3, 0.4) is 0 Å². The van der Waals surface area contributed by atoms with E-state index in [4.69, 9.17) is 4.74 Å². The number of nitrogens with one attached hydrogen (secondary N) is 1. The summed E-state index contributed by atoms with van der Waals surface area (Å²) in [6.07, 6.45) is 1.75. The molecule has 142 valence electrons.